The lowest BCUT2D eigenvalue weighted by Gasteiger charge is -2.35. The van der Waals surface area contributed by atoms with Crippen molar-refractivity contribution < 1.29 is 18.4 Å². The molecule has 0 aliphatic carbocycles. The topological polar surface area (TPSA) is 73.9 Å². The molecule has 0 heterocycles. The Morgan fingerprint density at radius 2 is 1.24 bits per heavy atom. The Kier molecular flexibility index (Phi) is 21.1. The van der Waals surface area contributed by atoms with Crippen LogP contribution in [0.1, 0.15) is 130 Å². The zero-order valence-electron chi connectivity index (χ0n) is 23.8. The molecule has 0 fully saturated rings. The number of hydrogen-bond acceptors (Lipinski definition) is 5. The van der Waals surface area contributed by atoms with E-state index in [4.69, 9.17) is 24.1 Å². The van der Waals surface area contributed by atoms with Gasteiger partial charge in [-0.05, 0) is 38.5 Å². The van der Waals surface area contributed by atoms with E-state index in [2.05, 4.69) is 27.7 Å². The molecule has 2 atom stereocenters. The number of hydrogen-bond donors (Lipinski definition) is 2. The quantitative estimate of drug-likeness (QED) is 0.0997. The second kappa shape index (κ2) is 21.1. The summed E-state index contributed by atoms with van der Waals surface area (Å²) in [5, 5.41) is 9.13. The van der Waals surface area contributed by atoms with Gasteiger partial charge in [0.1, 0.15) is 0 Å². The summed E-state index contributed by atoms with van der Waals surface area (Å²) in [6, 6.07) is 0.755. The highest BCUT2D eigenvalue weighted by molar-refractivity contribution is 6.60. The number of aliphatic hydroxyl groups is 1. The average Bonchev–Trinajstić information content (AvgIpc) is 2.80. The van der Waals surface area contributed by atoms with Gasteiger partial charge in [-0.25, -0.2) is 0 Å². The van der Waals surface area contributed by atoms with E-state index >= 15 is 0 Å². The lowest BCUT2D eigenvalue weighted by atomic mass is 9.79. The molecule has 0 rings (SSSR count). The van der Waals surface area contributed by atoms with Gasteiger partial charge in [0.15, 0.2) is 0 Å². The number of nitrogens with two attached hydrogens (primary N) is 1. The molecular formula is C28H61NO4Si. The summed E-state index contributed by atoms with van der Waals surface area (Å²) in [5.41, 5.74) is 6.38. The number of aliphatic hydroxyl groups excluding tert-OH is 1. The van der Waals surface area contributed by atoms with Crippen LogP contribution in [0.2, 0.25) is 6.04 Å². The Morgan fingerprint density at radius 3 is 1.62 bits per heavy atom. The van der Waals surface area contributed by atoms with Crippen LogP contribution in [0, 0.1) is 11.8 Å². The van der Waals surface area contributed by atoms with E-state index in [1.165, 1.54) is 96.3 Å². The molecule has 0 aromatic carbocycles. The minimum absolute atomic E-state index is 0.0204. The Balaban J connectivity index is 4.09. The summed E-state index contributed by atoms with van der Waals surface area (Å²) in [5.74, 6) is 0.864. The molecule has 0 spiro atoms. The van der Waals surface area contributed by atoms with Crippen molar-refractivity contribution in [2.75, 3.05) is 27.4 Å². The molecule has 0 amide bonds. The molecule has 0 bridgehead atoms. The summed E-state index contributed by atoms with van der Waals surface area (Å²) in [4.78, 5) is 0. The molecule has 6 heteroatoms. The molecular weight excluding hydrogens is 442 g/mol. The van der Waals surface area contributed by atoms with Crippen molar-refractivity contribution in [1.82, 2.24) is 0 Å². The summed E-state index contributed by atoms with van der Waals surface area (Å²) < 4.78 is 17.1. The second-order valence-electron chi connectivity index (χ2n) is 11.1. The maximum Gasteiger partial charge on any atom is 0.500 e. The normalized spacial score (nSPS) is 14.5. The SMILES string of the molecule is CCCCCCCCCCCCCCCCC(CC(C)C[Si](OC)(OC)OCCO)C(C)(C)N. The second-order valence-corrected chi connectivity index (χ2v) is 14.0. The van der Waals surface area contributed by atoms with E-state index in [1.807, 2.05) is 0 Å². The fourth-order valence-electron chi connectivity index (χ4n) is 5.00. The molecule has 0 aromatic rings. The molecule has 0 aromatic heterocycles. The summed E-state index contributed by atoms with van der Waals surface area (Å²) in [6.07, 6.45) is 21.7. The van der Waals surface area contributed by atoms with Gasteiger partial charge in [-0.3, -0.25) is 0 Å². The number of rotatable bonds is 25. The standard InChI is InChI=1S/C28H61NO4Si/c1-7-8-9-10-11-12-13-14-15-16-17-18-19-20-21-27(28(3,4)29)24-26(2)25-34(31-5,32-6)33-23-22-30/h26-27,30H,7-25,29H2,1-6H3. The third-order valence-corrected chi connectivity index (χ3v) is 10.4. The fraction of sp³-hybridized carbons (Fsp3) is 1.00. The van der Waals surface area contributed by atoms with Gasteiger partial charge in [0, 0.05) is 25.8 Å². The maximum absolute atomic E-state index is 9.13. The van der Waals surface area contributed by atoms with Gasteiger partial charge in [-0.2, -0.15) is 0 Å². The van der Waals surface area contributed by atoms with Crippen LogP contribution < -0.4 is 5.73 Å². The molecule has 5 nitrogen and oxygen atoms in total. The molecule has 206 valence electrons. The highest BCUT2D eigenvalue weighted by Crippen LogP contribution is 2.32. The van der Waals surface area contributed by atoms with E-state index in [1.54, 1.807) is 14.2 Å². The van der Waals surface area contributed by atoms with Gasteiger partial charge in [0.2, 0.25) is 0 Å². The lowest BCUT2D eigenvalue weighted by Crippen LogP contribution is -2.47. The molecule has 0 aliphatic rings. The van der Waals surface area contributed by atoms with E-state index in [0.29, 0.717) is 11.8 Å². The van der Waals surface area contributed by atoms with Crippen molar-refractivity contribution in [3.63, 3.8) is 0 Å². The predicted octanol–water partition coefficient (Wildman–Crippen LogP) is 7.48. The van der Waals surface area contributed by atoms with Gasteiger partial charge < -0.3 is 24.1 Å². The Hall–Kier alpha value is 0.0169. The first kappa shape index (κ1) is 34.0. The van der Waals surface area contributed by atoms with Crippen molar-refractivity contribution in [3.8, 4) is 0 Å². The van der Waals surface area contributed by atoms with Crippen LogP contribution in [0.3, 0.4) is 0 Å². The van der Waals surface area contributed by atoms with Crippen molar-refractivity contribution in [3.05, 3.63) is 0 Å². The molecule has 0 saturated carbocycles. The highest BCUT2D eigenvalue weighted by atomic mass is 28.4. The van der Waals surface area contributed by atoms with E-state index < -0.39 is 8.80 Å². The van der Waals surface area contributed by atoms with Gasteiger partial charge in [-0.1, -0.05) is 104 Å². The third kappa shape index (κ3) is 17.4. The largest absolute Gasteiger partial charge is 0.500 e. The zero-order chi connectivity index (χ0) is 25.7. The van der Waals surface area contributed by atoms with E-state index in [-0.39, 0.29) is 18.8 Å². The summed E-state index contributed by atoms with van der Waals surface area (Å²) in [7, 11) is 0.575. The van der Waals surface area contributed by atoms with Crippen molar-refractivity contribution in [1.29, 1.82) is 0 Å². The summed E-state index contributed by atoms with van der Waals surface area (Å²) >= 11 is 0. The smallest absolute Gasteiger partial charge is 0.394 e. The minimum Gasteiger partial charge on any atom is -0.394 e. The maximum atomic E-state index is 9.13. The van der Waals surface area contributed by atoms with Gasteiger partial charge >= 0.3 is 8.80 Å². The molecule has 0 aliphatic heterocycles. The molecule has 0 saturated heterocycles. The third-order valence-electron chi connectivity index (χ3n) is 7.28. The Bertz CT molecular complexity index is 441. The highest BCUT2D eigenvalue weighted by Gasteiger charge is 2.41. The summed E-state index contributed by atoms with van der Waals surface area (Å²) in [6.45, 7) is 9.08. The lowest BCUT2D eigenvalue weighted by molar-refractivity contribution is 0.0735. The average molecular weight is 504 g/mol. The van der Waals surface area contributed by atoms with Crippen LogP contribution in [0.5, 0.6) is 0 Å². The van der Waals surface area contributed by atoms with Gasteiger partial charge in [0.25, 0.3) is 0 Å². The van der Waals surface area contributed by atoms with Crippen LogP contribution in [0.15, 0.2) is 0 Å². The number of unbranched alkanes of at least 4 members (excludes halogenated alkanes) is 13. The molecule has 0 radical (unpaired) electrons. The zero-order valence-corrected chi connectivity index (χ0v) is 24.8. The van der Waals surface area contributed by atoms with Gasteiger partial charge in [-0.15, -0.1) is 0 Å². The fourth-order valence-corrected chi connectivity index (χ4v) is 7.28. The molecule has 2 unspecified atom stereocenters. The van der Waals surface area contributed by atoms with Crippen molar-refractivity contribution in [2.24, 2.45) is 17.6 Å². The first-order chi connectivity index (χ1) is 16.2. The van der Waals surface area contributed by atoms with Crippen LogP contribution in [0.25, 0.3) is 0 Å². The first-order valence-corrected chi connectivity index (χ1v) is 16.3. The monoisotopic (exact) mass is 503 g/mol. The van der Waals surface area contributed by atoms with E-state index in [0.717, 1.165) is 12.5 Å². The predicted molar refractivity (Wildman–Crippen MR) is 148 cm³/mol. The van der Waals surface area contributed by atoms with Gasteiger partial charge in [0.05, 0.1) is 13.2 Å². The van der Waals surface area contributed by atoms with Crippen LogP contribution >= 0.6 is 0 Å². The van der Waals surface area contributed by atoms with E-state index in [9.17, 15) is 0 Å². The van der Waals surface area contributed by atoms with Crippen LogP contribution in [-0.4, -0.2) is 46.9 Å². The molecule has 34 heavy (non-hydrogen) atoms. The van der Waals surface area contributed by atoms with Crippen molar-refractivity contribution >= 4 is 8.80 Å². The Labute approximate surface area is 214 Å². The molecule has 3 N–H and O–H groups in total. The Morgan fingerprint density at radius 1 is 0.794 bits per heavy atom. The van der Waals surface area contributed by atoms with Crippen LogP contribution in [-0.2, 0) is 13.3 Å². The van der Waals surface area contributed by atoms with Crippen LogP contribution in [0.4, 0.5) is 0 Å². The minimum atomic E-state index is -2.73. The first-order valence-electron chi connectivity index (χ1n) is 14.4. The van der Waals surface area contributed by atoms with Crippen molar-refractivity contribution in [2.45, 2.75) is 142 Å².